The molecule has 1 aromatic heterocycles. The molecule has 2 aromatic rings. The Morgan fingerprint density at radius 2 is 2.11 bits per heavy atom. The van der Waals surface area contributed by atoms with Crippen LogP contribution in [0, 0.1) is 0 Å². The van der Waals surface area contributed by atoms with Crippen molar-refractivity contribution >= 4 is 23.6 Å². The molecule has 1 aromatic carbocycles. The summed E-state index contributed by atoms with van der Waals surface area (Å²) < 4.78 is 5.08. The van der Waals surface area contributed by atoms with E-state index in [1.165, 1.54) is 6.08 Å². The third kappa shape index (κ3) is 3.50. The first-order chi connectivity index (χ1) is 8.75. The predicted octanol–water partition coefficient (Wildman–Crippen LogP) is 3.26. The summed E-state index contributed by atoms with van der Waals surface area (Å²) in [5.74, 6) is 0.453. The molecule has 0 saturated carbocycles. The van der Waals surface area contributed by atoms with E-state index in [2.05, 4.69) is 5.32 Å². The number of amides is 1. The first kappa shape index (κ1) is 12.5. The number of nitrogens with one attached hydrogen (secondary N) is 1. The molecule has 2 rings (SSSR count). The van der Waals surface area contributed by atoms with Gasteiger partial charge in [0, 0.05) is 17.6 Å². The van der Waals surface area contributed by atoms with Gasteiger partial charge in [0.1, 0.15) is 5.76 Å². The van der Waals surface area contributed by atoms with E-state index in [9.17, 15) is 4.79 Å². The van der Waals surface area contributed by atoms with Crippen LogP contribution in [0.4, 0.5) is 0 Å². The van der Waals surface area contributed by atoms with Gasteiger partial charge < -0.3 is 9.73 Å². The third-order valence-electron chi connectivity index (χ3n) is 2.35. The molecule has 92 valence electrons. The minimum absolute atomic E-state index is 0.189. The Morgan fingerprint density at radius 1 is 1.28 bits per heavy atom. The van der Waals surface area contributed by atoms with Crippen molar-refractivity contribution in [3.8, 4) is 0 Å². The molecule has 0 bridgehead atoms. The highest BCUT2D eigenvalue weighted by atomic mass is 35.5. The summed E-state index contributed by atoms with van der Waals surface area (Å²) in [5, 5.41) is 3.40. The second kappa shape index (κ2) is 6.07. The van der Waals surface area contributed by atoms with Crippen LogP contribution in [-0.4, -0.2) is 5.91 Å². The summed E-state index contributed by atoms with van der Waals surface area (Å²) >= 11 is 5.98. The number of furan rings is 1. The van der Waals surface area contributed by atoms with Crippen molar-refractivity contribution in [3.63, 3.8) is 0 Å². The largest absolute Gasteiger partial charge is 0.465 e. The van der Waals surface area contributed by atoms with Crippen LogP contribution in [0.25, 0.3) is 6.08 Å². The van der Waals surface area contributed by atoms with Crippen LogP contribution in [-0.2, 0) is 11.3 Å². The van der Waals surface area contributed by atoms with E-state index in [0.717, 1.165) is 5.56 Å². The van der Waals surface area contributed by atoms with Crippen molar-refractivity contribution in [1.82, 2.24) is 5.32 Å². The Labute approximate surface area is 110 Å². The lowest BCUT2D eigenvalue weighted by Crippen LogP contribution is -2.20. The molecular weight excluding hydrogens is 250 g/mol. The average molecular weight is 262 g/mol. The molecule has 1 heterocycles. The first-order valence-electron chi connectivity index (χ1n) is 5.48. The van der Waals surface area contributed by atoms with E-state index in [0.29, 0.717) is 17.3 Å². The molecule has 0 spiro atoms. The van der Waals surface area contributed by atoms with E-state index in [4.69, 9.17) is 16.0 Å². The average Bonchev–Trinajstić information content (AvgIpc) is 2.88. The Kier molecular flexibility index (Phi) is 4.20. The van der Waals surface area contributed by atoms with Gasteiger partial charge >= 0.3 is 0 Å². The third-order valence-corrected chi connectivity index (χ3v) is 2.72. The second-order valence-electron chi connectivity index (χ2n) is 3.66. The number of hydrogen-bond donors (Lipinski definition) is 1. The van der Waals surface area contributed by atoms with Crippen molar-refractivity contribution in [2.24, 2.45) is 0 Å². The Bertz CT molecular complexity index is 547. The fourth-order valence-corrected chi connectivity index (χ4v) is 1.63. The van der Waals surface area contributed by atoms with E-state index >= 15 is 0 Å². The molecule has 4 heteroatoms. The van der Waals surface area contributed by atoms with Gasteiger partial charge in [-0.3, -0.25) is 4.79 Å². The molecule has 3 nitrogen and oxygen atoms in total. The number of benzene rings is 1. The molecule has 0 aliphatic heterocycles. The maximum atomic E-state index is 11.5. The highest BCUT2D eigenvalue weighted by molar-refractivity contribution is 6.31. The lowest BCUT2D eigenvalue weighted by molar-refractivity contribution is -0.116. The zero-order chi connectivity index (χ0) is 12.8. The maximum absolute atomic E-state index is 11.5. The number of rotatable bonds is 4. The molecular formula is C14H12ClNO2. The summed E-state index contributed by atoms with van der Waals surface area (Å²) in [6.45, 7) is 0.404. The quantitative estimate of drug-likeness (QED) is 0.859. The van der Waals surface area contributed by atoms with Crippen LogP contribution < -0.4 is 5.32 Å². The summed E-state index contributed by atoms with van der Waals surface area (Å²) in [7, 11) is 0. The van der Waals surface area contributed by atoms with Crippen molar-refractivity contribution in [1.29, 1.82) is 0 Å². The number of carbonyl (C=O) groups excluding carboxylic acids is 1. The summed E-state index contributed by atoms with van der Waals surface area (Å²) in [4.78, 5) is 11.5. The fourth-order valence-electron chi connectivity index (χ4n) is 1.43. The van der Waals surface area contributed by atoms with E-state index in [-0.39, 0.29) is 5.91 Å². The van der Waals surface area contributed by atoms with Crippen LogP contribution in [0.5, 0.6) is 0 Å². The molecule has 0 aliphatic rings. The molecule has 0 unspecified atom stereocenters. The van der Waals surface area contributed by atoms with Gasteiger partial charge in [0.25, 0.3) is 0 Å². The van der Waals surface area contributed by atoms with E-state index < -0.39 is 0 Å². The zero-order valence-corrected chi connectivity index (χ0v) is 10.4. The minimum Gasteiger partial charge on any atom is -0.465 e. The fraction of sp³-hybridized carbons (Fsp3) is 0.0714. The van der Waals surface area contributed by atoms with Gasteiger partial charge in [0.2, 0.25) is 5.91 Å². The van der Waals surface area contributed by atoms with Gasteiger partial charge in [-0.2, -0.15) is 0 Å². The van der Waals surface area contributed by atoms with Gasteiger partial charge in [-0.05, 0) is 29.8 Å². The van der Waals surface area contributed by atoms with Gasteiger partial charge in [-0.15, -0.1) is 0 Å². The molecule has 0 atom stereocenters. The topological polar surface area (TPSA) is 42.2 Å². The van der Waals surface area contributed by atoms with Gasteiger partial charge in [0.15, 0.2) is 0 Å². The van der Waals surface area contributed by atoms with Crippen molar-refractivity contribution in [3.05, 3.63) is 65.1 Å². The van der Waals surface area contributed by atoms with Crippen LogP contribution in [0.15, 0.2) is 53.2 Å². The molecule has 1 N–H and O–H groups in total. The standard InChI is InChI=1S/C14H12ClNO2/c15-13-6-2-1-4-11(13)10-16-14(17)8-7-12-5-3-9-18-12/h1-9H,10H2,(H,16,17)/b8-7+. The minimum atomic E-state index is -0.189. The van der Waals surface area contributed by atoms with Crippen molar-refractivity contribution in [2.75, 3.05) is 0 Å². The normalized spacial score (nSPS) is 10.7. The van der Waals surface area contributed by atoms with E-state index in [1.54, 1.807) is 30.5 Å². The van der Waals surface area contributed by atoms with E-state index in [1.807, 2.05) is 18.2 Å². The Hall–Kier alpha value is -2.00. The van der Waals surface area contributed by atoms with Crippen LogP contribution in [0.2, 0.25) is 5.02 Å². The lowest BCUT2D eigenvalue weighted by Gasteiger charge is -2.04. The molecule has 0 radical (unpaired) electrons. The Balaban J connectivity index is 1.87. The molecule has 0 aliphatic carbocycles. The summed E-state index contributed by atoms with van der Waals surface area (Å²) in [6.07, 6.45) is 4.60. The number of hydrogen-bond acceptors (Lipinski definition) is 2. The molecule has 0 fully saturated rings. The predicted molar refractivity (Wildman–Crippen MR) is 71.0 cm³/mol. The highest BCUT2D eigenvalue weighted by Crippen LogP contribution is 2.14. The van der Waals surface area contributed by atoms with Gasteiger partial charge in [-0.1, -0.05) is 29.8 Å². The Morgan fingerprint density at radius 3 is 2.83 bits per heavy atom. The SMILES string of the molecule is O=C(/C=C/c1ccco1)NCc1ccccc1Cl. The van der Waals surface area contributed by atoms with Crippen molar-refractivity contribution < 1.29 is 9.21 Å². The molecule has 0 saturated heterocycles. The van der Waals surface area contributed by atoms with Crippen LogP contribution in [0.1, 0.15) is 11.3 Å². The summed E-state index contributed by atoms with van der Waals surface area (Å²) in [6, 6.07) is 10.9. The first-order valence-corrected chi connectivity index (χ1v) is 5.86. The zero-order valence-electron chi connectivity index (χ0n) is 9.60. The lowest BCUT2D eigenvalue weighted by atomic mass is 10.2. The molecule has 18 heavy (non-hydrogen) atoms. The van der Waals surface area contributed by atoms with Gasteiger partial charge in [-0.25, -0.2) is 0 Å². The second-order valence-corrected chi connectivity index (χ2v) is 4.07. The van der Waals surface area contributed by atoms with Crippen molar-refractivity contribution in [2.45, 2.75) is 6.54 Å². The molecule has 1 amide bonds. The monoisotopic (exact) mass is 261 g/mol. The highest BCUT2D eigenvalue weighted by Gasteiger charge is 2.00. The van der Waals surface area contributed by atoms with Crippen LogP contribution in [0.3, 0.4) is 0 Å². The number of halogens is 1. The smallest absolute Gasteiger partial charge is 0.244 e. The maximum Gasteiger partial charge on any atom is 0.244 e. The summed E-state index contributed by atoms with van der Waals surface area (Å²) in [5.41, 5.74) is 0.888. The number of carbonyl (C=O) groups is 1. The van der Waals surface area contributed by atoms with Crippen LogP contribution >= 0.6 is 11.6 Å². The van der Waals surface area contributed by atoms with Gasteiger partial charge in [0.05, 0.1) is 6.26 Å².